The maximum Gasteiger partial charge on any atom is 0.201 e. The molecule has 0 aliphatic carbocycles. The van der Waals surface area contributed by atoms with Crippen molar-refractivity contribution in [3.05, 3.63) is 24.3 Å². The lowest BCUT2D eigenvalue weighted by Crippen LogP contribution is -2.00. The lowest BCUT2D eigenvalue weighted by atomic mass is 10.3. The monoisotopic (exact) mass is 241 g/mol. The van der Waals surface area contributed by atoms with Crippen LogP contribution in [0, 0.1) is 0 Å². The van der Waals surface area contributed by atoms with Crippen LogP contribution in [0.2, 0.25) is 0 Å². The van der Waals surface area contributed by atoms with Crippen molar-refractivity contribution >= 4 is 34.0 Å². The third-order valence-corrected chi connectivity index (χ3v) is 2.00. The maximum absolute atomic E-state index is 5.72. The Bertz CT molecular complexity index is 408. The van der Waals surface area contributed by atoms with E-state index in [0.29, 0.717) is 5.95 Å². The summed E-state index contributed by atoms with van der Waals surface area (Å²) in [5.74, 6) is 0.596. The van der Waals surface area contributed by atoms with E-state index in [0.717, 1.165) is 17.6 Å². The number of imidazole rings is 1. The van der Waals surface area contributed by atoms with Gasteiger partial charge in [0.05, 0.1) is 11.0 Å². The predicted molar refractivity (Wildman–Crippen MR) is 60.1 cm³/mol. The van der Waals surface area contributed by atoms with Crippen molar-refractivity contribution in [1.29, 1.82) is 0 Å². The lowest BCUT2D eigenvalue weighted by Gasteiger charge is -1.99. The zero-order chi connectivity index (χ0) is 8.55. The Morgan fingerprint density at radius 1 is 1.38 bits per heavy atom. The number of nitrogen functional groups attached to an aromatic ring is 1. The van der Waals surface area contributed by atoms with Gasteiger partial charge in [-0.15, -0.1) is 17.0 Å². The van der Waals surface area contributed by atoms with Crippen molar-refractivity contribution in [1.82, 2.24) is 9.55 Å². The first-order valence-electron chi connectivity index (χ1n) is 4.03. The van der Waals surface area contributed by atoms with Gasteiger partial charge in [0.2, 0.25) is 5.95 Å². The summed E-state index contributed by atoms with van der Waals surface area (Å²) in [7, 11) is 0. The molecule has 0 amide bonds. The number of nitrogens with zero attached hydrogens (tertiary/aromatic N) is 2. The summed E-state index contributed by atoms with van der Waals surface area (Å²) >= 11 is 0. The molecular formula is C9H12BrN3. The van der Waals surface area contributed by atoms with Gasteiger partial charge < -0.3 is 10.3 Å². The minimum Gasteiger partial charge on any atom is -0.369 e. The molecular weight excluding hydrogens is 230 g/mol. The van der Waals surface area contributed by atoms with Crippen molar-refractivity contribution in [3.8, 4) is 0 Å². The number of nitrogens with two attached hydrogens (primary N) is 1. The van der Waals surface area contributed by atoms with Gasteiger partial charge in [0.25, 0.3) is 0 Å². The van der Waals surface area contributed by atoms with E-state index in [1.807, 2.05) is 28.8 Å². The highest BCUT2D eigenvalue weighted by atomic mass is 79.9. The largest absolute Gasteiger partial charge is 0.369 e. The molecule has 1 heterocycles. The Kier molecular flexibility index (Phi) is 2.93. The van der Waals surface area contributed by atoms with E-state index in [2.05, 4.69) is 11.9 Å². The summed E-state index contributed by atoms with van der Waals surface area (Å²) < 4.78 is 2.00. The fourth-order valence-electron chi connectivity index (χ4n) is 1.43. The van der Waals surface area contributed by atoms with Gasteiger partial charge >= 0.3 is 0 Å². The third kappa shape index (κ3) is 1.54. The van der Waals surface area contributed by atoms with Gasteiger partial charge in [0.1, 0.15) is 0 Å². The van der Waals surface area contributed by atoms with Crippen molar-refractivity contribution < 1.29 is 0 Å². The Morgan fingerprint density at radius 2 is 2.08 bits per heavy atom. The van der Waals surface area contributed by atoms with Crippen molar-refractivity contribution in [2.24, 2.45) is 0 Å². The van der Waals surface area contributed by atoms with Crippen LogP contribution in [0.1, 0.15) is 6.92 Å². The fraction of sp³-hybridized carbons (Fsp3) is 0.222. The van der Waals surface area contributed by atoms with Crippen LogP contribution < -0.4 is 5.73 Å². The maximum atomic E-state index is 5.72. The number of benzene rings is 1. The van der Waals surface area contributed by atoms with E-state index in [4.69, 9.17) is 5.73 Å². The second kappa shape index (κ2) is 3.79. The molecule has 0 atom stereocenters. The Labute approximate surface area is 87.3 Å². The van der Waals surface area contributed by atoms with Crippen LogP contribution in [0.5, 0.6) is 0 Å². The van der Waals surface area contributed by atoms with Crippen LogP contribution in [0.4, 0.5) is 5.95 Å². The molecule has 0 fully saturated rings. The topological polar surface area (TPSA) is 43.8 Å². The average Bonchev–Trinajstić information content (AvgIpc) is 2.40. The number of aryl methyl sites for hydroxylation is 1. The molecule has 0 saturated heterocycles. The molecule has 0 unspecified atom stereocenters. The highest BCUT2D eigenvalue weighted by Gasteiger charge is 2.03. The standard InChI is InChI=1S/C9H11N3.BrH/c1-2-12-8-6-4-3-5-7(8)11-9(12)10;/h3-6H,2H2,1H3,(H2,10,11);1H. The highest BCUT2D eigenvalue weighted by Crippen LogP contribution is 2.16. The minimum atomic E-state index is 0. The van der Waals surface area contributed by atoms with Gasteiger partial charge in [0, 0.05) is 6.54 Å². The number of aromatic nitrogens is 2. The number of fused-ring (bicyclic) bond motifs is 1. The summed E-state index contributed by atoms with van der Waals surface area (Å²) in [5.41, 5.74) is 7.79. The van der Waals surface area contributed by atoms with Gasteiger partial charge in [-0.2, -0.15) is 0 Å². The lowest BCUT2D eigenvalue weighted by molar-refractivity contribution is 0.800. The van der Waals surface area contributed by atoms with Crippen LogP contribution in [0.3, 0.4) is 0 Å². The summed E-state index contributed by atoms with van der Waals surface area (Å²) in [5, 5.41) is 0. The van der Waals surface area contributed by atoms with E-state index < -0.39 is 0 Å². The first-order chi connectivity index (χ1) is 5.83. The van der Waals surface area contributed by atoms with Crippen molar-refractivity contribution in [2.45, 2.75) is 13.5 Å². The summed E-state index contributed by atoms with van der Waals surface area (Å²) in [6, 6.07) is 7.96. The zero-order valence-electron chi connectivity index (χ0n) is 7.40. The Balaban J connectivity index is 0.000000845. The molecule has 0 spiro atoms. The molecule has 2 aromatic rings. The molecule has 0 aliphatic rings. The molecule has 13 heavy (non-hydrogen) atoms. The molecule has 4 heteroatoms. The van der Waals surface area contributed by atoms with Crippen LogP contribution in [0.15, 0.2) is 24.3 Å². The van der Waals surface area contributed by atoms with E-state index in [1.165, 1.54) is 0 Å². The van der Waals surface area contributed by atoms with Crippen LogP contribution in [-0.4, -0.2) is 9.55 Å². The third-order valence-electron chi connectivity index (χ3n) is 2.00. The van der Waals surface area contributed by atoms with Gasteiger partial charge in [-0.25, -0.2) is 4.98 Å². The molecule has 70 valence electrons. The average molecular weight is 242 g/mol. The quantitative estimate of drug-likeness (QED) is 0.833. The molecule has 0 saturated carbocycles. The molecule has 1 aromatic heterocycles. The Morgan fingerprint density at radius 3 is 2.77 bits per heavy atom. The number of halogens is 1. The number of rotatable bonds is 1. The van der Waals surface area contributed by atoms with E-state index >= 15 is 0 Å². The first-order valence-corrected chi connectivity index (χ1v) is 4.03. The normalized spacial score (nSPS) is 9.92. The smallest absolute Gasteiger partial charge is 0.201 e. The minimum absolute atomic E-state index is 0. The molecule has 0 bridgehead atoms. The SMILES string of the molecule is Br.CCn1c(N)nc2ccccc21. The van der Waals surface area contributed by atoms with Gasteiger partial charge in [-0.3, -0.25) is 0 Å². The predicted octanol–water partition coefficient (Wildman–Crippen LogP) is 2.22. The van der Waals surface area contributed by atoms with Crippen LogP contribution in [0.25, 0.3) is 11.0 Å². The second-order valence-corrected chi connectivity index (χ2v) is 2.70. The Hall–Kier alpha value is -1.03. The molecule has 0 aliphatic heterocycles. The van der Waals surface area contributed by atoms with E-state index in [1.54, 1.807) is 0 Å². The summed E-state index contributed by atoms with van der Waals surface area (Å²) in [4.78, 5) is 4.22. The van der Waals surface area contributed by atoms with Gasteiger partial charge in [0.15, 0.2) is 0 Å². The zero-order valence-corrected chi connectivity index (χ0v) is 9.11. The highest BCUT2D eigenvalue weighted by molar-refractivity contribution is 8.93. The summed E-state index contributed by atoms with van der Waals surface area (Å²) in [6.45, 7) is 2.93. The number of hydrogen-bond acceptors (Lipinski definition) is 2. The van der Waals surface area contributed by atoms with Crippen molar-refractivity contribution in [3.63, 3.8) is 0 Å². The first kappa shape index (κ1) is 10.1. The van der Waals surface area contributed by atoms with E-state index in [-0.39, 0.29) is 17.0 Å². The number of hydrogen-bond donors (Lipinski definition) is 1. The van der Waals surface area contributed by atoms with Gasteiger partial charge in [-0.1, -0.05) is 12.1 Å². The van der Waals surface area contributed by atoms with Crippen LogP contribution in [-0.2, 0) is 6.54 Å². The van der Waals surface area contributed by atoms with E-state index in [9.17, 15) is 0 Å². The molecule has 1 aromatic carbocycles. The summed E-state index contributed by atoms with van der Waals surface area (Å²) in [6.07, 6.45) is 0. The van der Waals surface area contributed by atoms with Gasteiger partial charge in [-0.05, 0) is 19.1 Å². The molecule has 0 radical (unpaired) electrons. The molecule has 3 nitrogen and oxygen atoms in total. The second-order valence-electron chi connectivity index (χ2n) is 2.70. The fourth-order valence-corrected chi connectivity index (χ4v) is 1.43. The number of para-hydroxylation sites is 2. The van der Waals surface area contributed by atoms with Crippen LogP contribution >= 0.6 is 17.0 Å². The number of anilines is 1. The van der Waals surface area contributed by atoms with Crippen molar-refractivity contribution in [2.75, 3.05) is 5.73 Å². The molecule has 2 rings (SSSR count). The molecule has 2 N–H and O–H groups in total.